The van der Waals surface area contributed by atoms with E-state index >= 15 is 0 Å². The summed E-state index contributed by atoms with van der Waals surface area (Å²) in [6.45, 7) is -0.103. The quantitative estimate of drug-likeness (QED) is 0.495. The zero-order valence-electron chi connectivity index (χ0n) is 16.5. The average molecular weight is 399 g/mol. The highest BCUT2D eigenvalue weighted by Crippen LogP contribution is 2.30. The van der Waals surface area contributed by atoms with E-state index in [1.807, 2.05) is 83.6 Å². The number of ether oxygens (including phenoxy) is 2. The molecule has 0 spiro atoms. The summed E-state index contributed by atoms with van der Waals surface area (Å²) < 4.78 is 12.9. The van der Waals surface area contributed by atoms with Crippen LogP contribution in [0.15, 0.2) is 91.5 Å². The van der Waals surface area contributed by atoms with Crippen LogP contribution in [0.2, 0.25) is 0 Å². The molecule has 0 unspecified atom stereocenters. The van der Waals surface area contributed by atoms with Gasteiger partial charge in [-0.05, 0) is 47.5 Å². The molecule has 0 radical (unpaired) electrons. The van der Waals surface area contributed by atoms with Gasteiger partial charge in [0.15, 0.2) is 6.61 Å². The molecule has 1 heterocycles. The number of methoxy groups -OCH3 is 1. The number of anilines is 1. The smallest absolute Gasteiger partial charge is 0.262 e. The number of carbonyl (C=O) groups is 1. The molecule has 0 bridgehead atoms. The fraction of sp³-hybridized carbons (Fsp3) is 0.0833. The second kappa shape index (κ2) is 8.96. The average Bonchev–Trinajstić information content (AvgIpc) is 3.34. The van der Waals surface area contributed by atoms with E-state index in [0.717, 1.165) is 16.8 Å². The summed E-state index contributed by atoms with van der Waals surface area (Å²) in [5, 5.41) is 2.84. The number of nitrogens with one attached hydrogen (secondary N) is 1. The van der Waals surface area contributed by atoms with Gasteiger partial charge in [0.1, 0.15) is 11.5 Å². The molecule has 4 rings (SSSR count). The van der Waals surface area contributed by atoms with Crippen molar-refractivity contribution in [3.8, 4) is 28.3 Å². The lowest BCUT2D eigenvalue weighted by molar-refractivity contribution is -0.118. The van der Waals surface area contributed by atoms with Crippen LogP contribution in [0, 0.1) is 0 Å². The van der Waals surface area contributed by atoms with E-state index in [0.29, 0.717) is 17.2 Å². The van der Waals surface area contributed by atoms with Gasteiger partial charge in [0, 0.05) is 18.1 Å². The Morgan fingerprint density at radius 3 is 2.50 bits per heavy atom. The molecule has 150 valence electrons. The van der Waals surface area contributed by atoms with E-state index < -0.39 is 0 Å². The second-order valence-electron chi connectivity index (χ2n) is 6.58. The maximum Gasteiger partial charge on any atom is 0.262 e. The molecular formula is C24H21N3O3. The van der Waals surface area contributed by atoms with Gasteiger partial charge in [0.2, 0.25) is 0 Å². The molecule has 6 nitrogen and oxygen atoms in total. The Kier molecular flexibility index (Phi) is 5.75. The molecule has 0 saturated heterocycles. The topological polar surface area (TPSA) is 65.4 Å². The first-order valence-corrected chi connectivity index (χ1v) is 9.47. The predicted molar refractivity (Wildman–Crippen MR) is 116 cm³/mol. The SMILES string of the molecule is COc1cc(-c2ccccc2)ccc1NC(=O)COc1ccc(-n2ccnc2)cc1. The van der Waals surface area contributed by atoms with E-state index in [-0.39, 0.29) is 12.5 Å². The van der Waals surface area contributed by atoms with Crippen molar-refractivity contribution in [3.05, 3.63) is 91.5 Å². The van der Waals surface area contributed by atoms with Crippen LogP contribution >= 0.6 is 0 Å². The van der Waals surface area contributed by atoms with Gasteiger partial charge in [-0.2, -0.15) is 0 Å². The van der Waals surface area contributed by atoms with Gasteiger partial charge in [0.25, 0.3) is 5.91 Å². The molecule has 0 aliphatic carbocycles. The predicted octanol–water partition coefficient (Wildman–Crippen LogP) is 4.57. The maximum absolute atomic E-state index is 12.4. The minimum atomic E-state index is -0.264. The minimum absolute atomic E-state index is 0.103. The molecule has 1 aromatic heterocycles. The van der Waals surface area contributed by atoms with Crippen LogP contribution in [-0.2, 0) is 4.79 Å². The van der Waals surface area contributed by atoms with Gasteiger partial charge in [-0.15, -0.1) is 0 Å². The number of hydrogen-bond acceptors (Lipinski definition) is 4. The van der Waals surface area contributed by atoms with Crippen molar-refractivity contribution in [1.82, 2.24) is 9.55 Å². The van der Waals surface area contributed by atoms with Gasteiger partial charge in [-0.3, -0.25) is 4.79 Å². The zero-order chi connectivity index (χ0) is 20.8. The van der Waals surface area contributed by atoms with Gasteiger partial charge in [-0.1, -0.05) is 36.4 Å². The van der Waals surface area contributed by atoms with Crippen LogP contribution in [0.3, 0.4) is 0 Å². The molecule has 3 aromatic carbocycles. The monoisotopic (exact) mass is 399 g/mol. The first kappa shape index (κ1) is 19.3. The summed E-state index contributed by atoms with van der Waals surface area (Å²) in [4.78, 5) is 16.4. The van der Waals surface area contributed by atoms with Crippen LogP contribution in [0.1, 0.15) is 0 Å². The van der Waals surface area contributed by atoms with E-state index in [1.165, 1.54) is 0 Å². The summed E-state index contributed by atoms with van der Waals surface area (Å²) in [6.07, 6.45) is 5.30. The third kappa shape index (κ3) is 4.50. The summed E-state index contributed by atoms with van der Waals surface area (Å²) in [5.41, 5.74) is 3.66. The van der Waals surface area contributed by atoms with Gasteiger partial charge in [0.05, 0.1) is 19.1 Å². The van der Waals surface area contributed by atoms with E-state index in [4.69, 9.17) is 9.47 Å². The summed E-state index contributed by atoms with van der Waals surface area (Å²) in [7, 11) is 1.58. The van der Waals surface area contributed by atoms with Crippen LogP contribution in [0.5, 0.6) is 11.5 Å². The normalized spacial score (nSPS) is 10.4. The van der Waals surface area contributed by atoms with E-state index in [9.17, 15) is 4.79 Å². The first-order valence-electron chi connectivity index (χ1n) is 9.47. The van der Waals surface area contributed by atoms with Crippen LogP contribution in [0.4, 0.5) is 5.69 Å². The maximum atomic E-state index is 12.4. The van der Waals surface area contributed by atoms with Crippen molar-refractivity contribution in [2.45, 2.75) is 0 Å². The number of amides is 1. The highest BCUT2D eigenvalue weighted by Gasteiger charge is 2.10. The number of carbonyl (C=O) groups excluding carboxylic acids is 1. The van der Waals surface area contributed by atoms with Crippen LogP contribution in [0.25, 0.3) is 16.8 Å². The third-order valence-corrected chi connectivity index (χ3v) is 4.59. The number of nitrogens with zero attached hydrogens (tertiary/aromatic N) is 2. The Labute approximate surface area is 174 Å². The Balaban J connectivity index is 1.38. The molecule has 6 heteroatoms. The number of benzene rings is 3. The van der Waals surface area contributed by atoms with Crippen molar-refractivity contribution >= 4 is 11.6 Å². The fourth-order valence-electron chi connectivity index (χ4n) is 3.07. The molecule has 0 atom stereocenters. The third-order valence-electron chi connectivity index (χ3n) is 4.59. The van der Waals surface area contributed by atoms with Crippen molar-refractivity contribution in [1.29, 1.82) is 0 Å². The molecule has 0 aliphatic rings. The molecular weight excluding hydrogens is 378 g/mol. The molecule has 1 amide bonds. The highest BCUT2D eigenvalue weighted by atomic mass is 16.5. The molecule has 0 aliphatic heterocycles. The van der Waals surface area contributed by atoms with Crippen molar-refractivity contribution in [2.24, 2.45) is 0 Å². The Bertz CT molecular complexity index is 1110. The fourth-order valence-corrected chi connectivity index (χ4v) is 3.07. The Hall–Kier alpha value is -4.06. The molecule has 1 N–H and O–H groups in total. The lowest BCUT2D eigenvalue weighted by Crippen LogP contribution is -2.20. The second-order valence-corrected chi connectivity index (χ2v) is 6.58. The number of rotatable bonds is 7. The molecule has 0 saturated carbocycles. The number of imidazole rings is 1. The lowest BCUT2D eigenvalue weighted by atomic mass is 10.0. The van der Waals surface area contributed by atoms with Crippen LogP contribution < -0.4 is 14.8 Å². The van der Waals surface area contributed by atoms with Crippen molar-refractivity contribution in [2.75, 3.05) is 19.0 Å². The summed E-state index contributed by atoms with van der Waals surface area (Å²) in [5.74, 6) is 0.939. The zero-order valence-corrected chi connectivity index (χ0v) is 16.5. The van der Waals surface area contributed by atoms with E-state index in [2.05, 4.69) is 10.3 Å². The van der Waals surface area contributed by atoms with E-state index in [1.54, 1.807) is 19.6 Å². The number of aromatic nitrogens is 2. The van der Waals surface area contributed by atoms with Gasteiger partial charge < -0.3 is 19.4 Å². The lowest BCUT2D eigenvalue weighted by Gasteiger charge is -2.13. The van der Waals surface area contributed by atoms with Crippen molar-refractivity contribution < 1.29 is 14.3 Å². The Morgan fingerprint density at radius 1 is 1.00 bits per heavy atom. The molecule has 0 fully saturated rings. The first-order chi connectivity index (χ1) is 14.7. The molecule has 4 aromatic rings. The Morgan fingerprint density at radius 2 is 1.80 bits per heavy atom. The summed E-state index contributed by atoms with van der Waals surface area (Å²) >= 11 is 0. The van der Waals surface area contributed by atoms with Crippen molar-refractivity contribution in [3.63, 3.8) is 0 Å². The minimum Gasteiger partial charge on any atom is -0.495 e. The largest absolute Gasteiger partial charge is 0.495 e. The van der Waals surface area contributed by atoms with Gasteiger partial charge in [-0.25, -0.2) is 4.98 Å². The van der Waals surface area contributed by atoms with Gasteiger partial charge >= 0.3 is 0 Å². The highest BCUT2D eigenvalue weighted by molar-refractivity contribution is 5.93. The standard InChI is InChI=1S/C24H21N3O3/c1-29-23-15-19(18-5-3-2-4-6-18)7-12-22(23)26-24(28)16-30-21-10-8-20(9-11-21)27-14-13-25-17-27/h2-15,17H,16H2,1H3,(H,26,28). The molecule has 30 heavy (non-hydrogen) atoms. The number of hydrogen-bond donors (Lipinski definition) is 1. The van der Waals surface area contributed by atoms with Crippen LogP contribution in [-0.4, -0.2) is 29.2 Å². The summed E-state index contributed by atoms with van der Waals surface area (Å²) in [6, 6.07) is 23.1.